The highest BCUT2D eigenvalue weighted by Gasteiger charge is 2.31. The van der Waals surface area contributed by atoms with Crippen molar-refractivity contribution in [2.45, 2.75) is 6.18 Å². The number of rotatable bonds is 5. The van der Waals surface area contributed by atoms with Crippen LogP contribution in [0.15, 0.2) is 35.9 Å². The molecule has 0 radical (unpaired) electrons. The van der Waals surface area contributed by atoms with E-state index < -0.39 is 30.2 Å². The smallest absolute Gasteiger partial charge is 0.417 e. The number of halogens is 4. The van der Waals surface area contributed by atoms with Crippen LogP contribution in [0.4, 0.5) is 19.0 Å². The average molecular weight is 391 g/mol. The summed E-state index contributed by atoms with van der Waals surface area (Å²) in [6.45, 7) is -0.632. The highest BCUT2D eigenvalue weighted by Crippen LogP contribution is 2.32. The van der Waals surface area contributed by atoms with E-state index >= 15 is 0 Å². The maximum atomic E-state index is 12.5. The Morgan fingerprint density at radius 2 is 2.16 bits per heavy atom. The first-order valence-electron chi connectivity index (χ1n) is 6.66. The van der Waals surface area contributed by atoms with Gasteiger partial charge in [-0.15, -0.1) is 11.3 Å². The SMILES string of the molecule is O=C(COC(=O)/C=C/c1cccs1)Nc1ncc(C(F)(F)F)cc1Cl. The van der Waals surface area contributed by atoms with Crippen LogP contribution in [0.25, 0.3) is 6.08 Å². The monoisotopic (exact) mass is 390 g/mol. The molecule has 0 aliphatic heterocycles. The summed E-state index contributed by atoms with van der Waals surface area (Å²) in [5.74, 6) is -1.79. The van der Waals surface area contributed by atoms with Crippen molar-refractivity contribution in [1.29, 1.82) is 0 Å². The molecule has 0 unspecified atom stereocenters. The van der Waals surface area contributed by atoms with Crippen molar-refractivity contribution in [3.05, 3.63) is 51.3 Å². The van der Waals surface area contributed by atoms with Gasteiger partial charge in [0.15, 0.2) is 12.4 Å². The number of hydrogen-bond donors (Lipinski definition) is 1. The number of ether oxygens (including phenoxy) is 1. The highest BCUT2D eigenvalue weighted by molar-refractivity contribution is 7.10. The third-order valence-electron chi connectivity index (χ3n) is 2.70. The van der Waals surface area contributed by atoms with Crippen molar-refractivity contribution in [2.24, 2.45) is 0 Å². The Hall–Kier alpha value is -2.39. The standard InChI is InChI=1S/C15H10ClF3N2O3S/c16-11-6-9(15(17,18)19)7-20-14(11)21-12(22)8-24-13(23)4-3-10-2-1-5-25-10/h1-7H,8H2,(H,20,21,22)/b4-3+. The van der Waals surface area contributed by atoms with Gasteiger partial charge in [-0.05, 0) is 23.6 Å². The van der Waals surface area contributed by atoms with E-state index in [1.807, 2.05) is 11.4 Å². The van der Waals surface area contributed by atoms with Gasteiger partial charge in [-0.2, -0.15) is 13.2 Å². The molecule has 132 valence electrons. The first-order valence-corrected chi connectivity index (χ1v) is 7.92. The summed E-state index contributed by atoms with van der Waals surface area (Å²) in [7, 11) is 0. The van der Waals surface area contributed by atoms with Crippen LogP contribution in [-0.4, -0.2) is 23.5 Å². The van der Waals surface area contributed by atoms with Gasteiger partial charge >= 0.3 is 12.1 Å². The van der Waals surface area contributed by atoms with Crippen LogP contribution in [-0.2, 0) is 20.5 Å². The topological polar surface area (TPSA) is 68.3 Å². The van der Waals surface area contributed by atoms with Crippen LogP contribution in [0.3, 0.4) is 0 Å². The van der Waals surface area contributed by atoms with Gasteiger partial charge in [-0.1, -0.05) is 17.7 Å². The lowest BCUT2D eigenvalue weighted by molar-refractivity contribution is -0.142. The zero-order chi connectivity index (χ0) is 18.4. The number of anilines is 1. The second-order valence-corrected chi connectivity index (χ2v) is 5.94. The molecule has 0 fully saturated rings. The zero-order valence-corrected chi connectivity index (χ0v) is 13.9. The van der Waals surface area contributed by atoms with E-state index in [4.69, 9.17) is 16.3 Å². The first kappa shape index (κ1) is 18.9. The van der Waals surface area contributed by atoms with Crippen LogP contribution in [0.5, 0.6) is 0 Å². The molecule has 0 bridgehead atoms. The van der Waals surface area contributed by atoms with Crippen LogP contribution in [0.1, 0.15) is 10.4 Å². The molecule has 0 aliphatic carbocycles. The van der Waals surface area contributed by atoms with Gasteiger partial charge in [0, 0.05) is 17.2 Å². The Morgan fingerprint density at radius 1 is 1.40 bits per heavy atom. The van der Waals surface area contributed by atoms with Crippen molar-refractivity contribution in [1.82, 2.24) is 4.98 Å². The summed E-state index contributed by atoms with van der Waals surface area (Å²) in [6.07, 6.45) is -1.37. The number of pyridine rings is 1. The molecular weight excluding hydrogens is 381 g/mol. The van der Waals surface area contributed by atoms with Gasteiger partial charge in [0.2, 0.25) is 0 Å². The maximum Gasteiger partial charge on any atom is 0.417 e. The van der Waals surface area contributed by atoms with E-state index in [0.29, 0.717) is 12.3 Å². The largest absolute Gasteiger partial charge is 0.452 e. The normalized spacial score (nSPS) is 11.5. The van der Waals surface area contributed by atoms with Crippen LogP contribution >= 0.6 is 22.9 Å². The van der Waals surface area contributed by atoms with E-state index in [1.54, 1.807) is 6.07 Å². The van der Waals surface area contributed by atoms with E-state index in [9.17, 15) is 22.8 Å². The molecule has 2 rings (SSSR count). The average Bonchev–Trinajstić information content (AvgIpc) is 3.05. The number of alkyl halides is 3. The van der Waals surface area contributed by atoms with E-state index in [1.165, 1.54) is 17.4 Å². The molecule has 0 saturated heterocycles. The number of aromatic nitrogens is 1. The molecular formula is C15H10ClF3N2O3S. The van der Waals surface area contributed by atoms with E-state index in [0.717, 1.165) is 11.0 Å². The van der Waals surface area contributed by atoms with Crippen molar-refractivity contribution < 1.29 is 27.5 Å². The summed E-state index contributed by atoms with van der Waals surface area (Å²) < 4.78 is 42.2. The highest BCUT2D eigenvalue weighted by atomic mass is 35.5. The molecule has 0 saturated carbocycles. The molecule has 0 aromatic carbocycles. The second kappa shape index (κ2) is 8.13. The van der Waals surface area contributed by atoms with Gasteiger partial charge in [-0.25, -0.2) is 9.78 Å². The van der Waals surface area contributed by atoms with Gasteiger partial charge in [0.25, 0.3) is 5.91 Å². The Labute approximate surface area is 149 Å². The van der Waals surface area contributed by atoms with E-state index in [-0.39, 0.29) is 10.8 Å². The number of thiophene rings is 1. The number of nitrogens with one attached hydrogen (secondary N) is 1. The molecule has 5 nitrogen and oxygen atoms in total. The first-order chi connectivity index (χ1) is 11.8. The number of esters is 1. The fourth-order valence-corrected chi connectivity index (χ4v) is 2.41. The molecule has 10 heteroatoms. The molecule has 0 spiro atoms. The lowest BCUT2D eigenvalue weighted by Crippen LogP contribution is -2.21. The predicted molar refractivity (Wildman–Crippen MR) is 87.2 cm³/mol. The Morgan fingerprint density at radius 3 is 2.76 bits per heavy atom. The summed E-state index contributed by atoms with van der Waals surface area (Å²) in [5, 5.41) is 3.62. The lowest BCUT2D eigenvalue weighted by atomic mass is 10.3. The van der Waals surface area contributed by atoms with Crippen LogP contribution in [0, 0.1) is 0 Å². The van der Waals surface area contributed by atoms with Crippen molar-refractivity contribution >= 4 is 46.7 Å². The van der Waals surface area contributed by atoms with Gasteiger partial charge in [-0.3, -0.25) is 4.79 Å². The minimum absolute atomic E-state index is 0.259. The maximum absolute atomic E-state index is 12.5. The predicted octanol–water partition coefficient (Wildman–Crippen LogP) is 4.01. The number of amides is 1. The molecule has 1 amide bonds. The third-order valence-corrected chi connectivity index (χ3v) is 3.82. The molecule has 0 aliphatic rings. The third kappa shape index (κ3) is 5.87. The molecule has 1 N–H and O–H groups in total. The number of carbonyl (C=O) groups excluding carboxylic acids is 2. The quantitative estimate of drug-likeness (QED) is 0.618. The van der Waals surface area contributed by atoms with Crippen molar-refractivity contribution in [3.63, 3.8) is 0 Å². The summed E-state index contributed by atoms with van der Waals surface area (Å²) >= 11 is 7.07. The van der Waals surface area contributed by atoms with Crippen molar-refractivity contribution in [2.75, 3.05) is 11.9 Å². The minimum Gasteiger partial charge on any atom is -0.452 e. The molecule has 2 aromatic heterocycles. The number of carbonyl (C=O) groups is 2. The Bertz CT molecular complexity index is 792. The number of nitrogens with zero attached hydrogens (tertiary/aromatic N) is 1. The lowest BCUT2D eigenvalue weighted by Gasteiger charge is -2.10. The molecule has 2 aromatic rings. The molecule has 0 atom stereocenters. The summed E-state index contributed by atoms with van der Waals surface area (Å²) in [5.41, 5.74) is -1.04. The van der Waals surface area contributed by atoms with Gasteiger partial charge in [0.1, 0.15) is 0 Å². The Balaban J connectivity index is 1.87. The summed E-state index contributed by atoms with van der Waals surface area (Å²) in [4.78, 5) is 27.4. The van der Waals surface area contributed by atoms with Crippen molar-refractivity contribution in [3.8, 4) is 0 Å². The molecule has 2 heterocycles. The minimum atomic E-state index is -4.59. The van der Waals surface area contributed by atoms with E-state index in [2.05, 4.69) is 10.3 Å². The zero-order valence-electron chi connectivity index (χ0n) is 12.3. The van der Waals surface area contributed by atoms with Crippen LogP contribution < -0.4 is 5.32 Å². The van der Waals surface area contributed by atoms with Gasteiger partial charge in [0.05, 0.1) is 10.6 Å². The fraction of sp³-hybridized carbons (Fsp3) is 0.133. The molecule has 25 heavy (non-hydrogen) atoms. The summed E-state index contributed by atoms with van der Waals surface area (Å²) in [6, 6.07) is 4.24. The van der Waals surface area contributed by atoms with Gasteiger partial charge < -0.3 is 10.1 Å². The Kier molecular flexibility index (Phi) is 6.16. The fourth-order valence-electron chi connectivity index (χ4n) is 1.57. The number of hydrogen-bond acceptors (Lipinski definition) is 5. The van der Waals surface area contributed by atoms with Crippen LogP contribution in [0.2, 0.25) is 5.02 Å². The second-order valence-electron chi connectivity index (χ2n) is 4.56.